The molecule has 20 heavy (non-hydrogen) atoms. The highest BCUT2D eigenvalue weighted by atomic mass is 16.4. The molecule has 0 spiro atoms. The normalized spacial score (nSPS) is 10.8. The summed E-state index contributed by atoms with van der Waals surface area (Å²) in [4.78, 5) is 22.6. The summed E-state index contributed by atoms with van der Waals surface area (Å²) in [6, 6.07) is 14.1. The Morgan fingerprint density at radius 2 is 1.40 bits per heavy atom. The van der Waals surface area contributed by atoms with E-state index in [1.54, 1.807) is 12.1 Å². The van der Waals surface area contributed by atoms with Crippen molar-refractivity contribution in [1.82, 2.24) is 0 Å². The first kappa shape index (κ1) is 12.2. The molecule has 0 heterocycles. The predicted octanol–water partition coefficient (Wildman–Crippen LogP) is 3.39. The van der Waals surface area contributed by atoms with Crippen LogP contribution < -0.4 is 0 Å². The van der Waals surface area contributed by atoms with E-state index < -0.39 is 11.9 Å². The maximum Gasteiger partial charge on any atom is 0.337 e. The number of fused-ring (bicyclic) bond motifs is 2. The minimum absolute atomic E-state index is 0.166. The molecule has 3 aromatic rings. The van der Waals surface area contributed by atoms with Gasteiger partial charge in [0.1, 0.15) is 0 Å². The number of benzene rings is 3. The quantitative estimate of drug-likeness (QED) is 0.697. The van der Waals surface area contributed by atoms with Crippen LogP contribution in [0.2, 0.25) is 0 Å². The van der Waals surface area contributed by atoms with Crippen molar-refractivity contribution < 1.29 is 19.8 Å². The zero-order valence-corrected chi connectivity index (χ0v) is 10.3. The van der Waals surface area contributed by atoms with Gasteiger partial charge in [-0.25, -0.2) is 9.59 Å². The van der Waals surface area contributed by atoms with Gasteiger partial charge in [0.05, 0.1) is 11.1 Å². The van der Waals surface area contributed by atoms with E-state index in [-0.39, 0.29) is 11.1 Å². The number of carbonyl (C=O) groups is 2. The van der Waals surface area contributed by atoms with Crippen molar-refractivity contribution >= 4 is 33.5 Å². The van der Waals surface area contributed by atoms with Gasteiger partial charge in [-0.1, -0.05) is 30.3 Å². The fourth-order valence-corrected chi connectivity index (χ4v) is 2.42. The average molecular weight is 266 g/mol. The van der Waals surface area contributed by atoms with Crippen LogP contribution in [0.1, 0.15) is 20.7 Å². The number of rotatable bonds is 2. The van der Waals surface area contributed by atoms with E-state index in [2.05, 4.69) is 0 Å². The van der Waals surface area contributed by atoms with Crippen LogP contribution in [0, 0.1) is 0 Å². The van der Waals surface area contributed by atoms with E-state index in [0.29, 0.717) is 10.8 Å². The standard InChI is InChI=1S/C16H10O4/c17-15(18)12-6-5-11-7-9-3-1-2-4-10(9)8-13(11)14(12)16(19)20/h1-8H,(H,17,18)(H,19,20). The average Bonchev–Trinajstić information content (AvgIpc) is 2.43. The van der Waals surface area contributed by atoms with Gasteiger partial charge in [0.2, 0.25) is 0 Å². The van der Waals surface area contributed by atoms with Crippen LogP contribution in [0.25, 0.3) is 21.5 Å². The van der Waals surface area contributed by atoms with Crippen molar-refractivity contribution in [2.75, 3.05) is 0 Å². The van der Waals surface area contributed by atoms with Crippen molar-refractivity contribution in [1.29, 1.82) is 0 Å². The third-order valence-electron chi connectivity index (χ3n) is 3.33. The van der Waals surface area contributed by atoms with E-state index in [1.807, 2.05) is 30.3 Å². The summed E-state index contributed by atoms with van der Waals surface area (Å²) < 4.78 is 0. The van der Waals surface area contributed by atoms with Gasteiger partial charge in [-0.3, -0.25) is 0 Å². The molecule has 0 bridgehead atoms. The molecule has 0 aromatic heterocycles. The molecule has 0 atom stereocenters. The number of aromatic carboxylic acids is 2. The minimum Gasteiger partial charge on any atom is -0.478 e. The Morgan fingerprint density at radius 1 is 0.750 bits per heavy atom. The smallest absolute Gasteiger partial charge is 0.337 e. The molecule has 3 rings (SSSR count). The Balaban J connectivity index is 2.49. The molecule has 0 aliphatic rings. The second-order valence-corrected chi connectivity index (χ2v) is 4.52. The maximum atomic E-state index is 11.4. The third-order valence-corrected chi connectivity index (χ3v) is 3.33. The highest BCUT2D eigenvalue weighted by Gasteiger charge is 2.19. The lowest BCUT2D eigenvalue weighted by molar-refractivity contribution is 0.0653. The summed E-state index contributed by atoms with van der Waals surface area (Å²) in [5.74, 6) is -2.47. The highest BCUT2D eigenvalue weighted by Crippen LogP contribution is 2.28. The molecule has 2 N–H and O–H groups in total. The van der Waals surface area contributed by atoms with E-state index in [0.717, 1.165) is 10.8 Å². The molecule has 4 nitrogen and oxygen atoms in total. The molecule has 0 radical (unpaired) electrons. The monoisotopic (exact) mass is 266 g/mol. The first-order valence-corrected chi connectivity index (χ1v) is 6.00. The summed E-state index contributed by atoms with van der Waals surface area (Å²) >= 11 is 0. The van der Waals surface area contributed by atoms with Gasteiger partial charge in [-0.15, -0.1) is 0 Å². The van der Waals surface area contributed by atoms with Gasteiger partial charge < -0.3 is 10.2 Å². The lowest BCUT2D eigenvalue weighted by Gasteiger charge is -2.08. The number of hydrogen-bond donors (Lipinski definition) is 2. The van der Waals surface area contributed by atoms with E-state index in [4.69, 9.17) is 5.11 Å². The number of hydrogen-bond acceptors (Lipinski definition) is 2. The van der Waals surface area contributed by atoms with Crippen molar-refractivity contribution in [2.24, 2.45) is 0 Å². The molecule has 98 valence electrons. The van der Waals surface area contributed by atoms with Crippen LogP contribution in [-0.4, -0.2) is 22.2 Å². The Morgan fingerprint density at radius 3 is 2.00 bits per heavy atom. The van der Waals surface area contributed by atoms with Gasteiger partial charge in [0, 0.05) is 0 Å². The molecular formula is C16H10O4. The van der Waals surface area contributed by atoms with Crippen LogP contribution in [-0.2, 0) is 0 Å². The zero-order valence-electron chi connectivity index (χ0n) is 10.3. The summed E-state index contributed by atoms with van der Waals surface area (Å²) in [6.07, 6.45) is 0. The van der Waals surface area contributed by atoms with Crippen LogP contribution in [0.4, 0.5) is 0 Å². The second-order valence-electron chi connectivity index (χ2n) is 4.52. The summed E-state index contributed by atoms with van der Waals surface area (Å²) in [5, 5.41) is 21.5. The van der Waals surface area contributed by atoms with Crippen molar-refractivity contribution in [3.8, 4) is 0 Å². The van der Waals surface area contributed by atoms with Crippen LogP contribution >= 0.6 is 0 Å². The SMILES string of the molecule is O=C(O)c1ccc2cc3ccccc3cc2c1C(=O)O. The van der Waals surface area contributed by atoms with E-state index >= 15 is 0 Å². The van der Waals surface area contributed by atoms with Crippen LogP contribution in [0.15, 0.2) is 48.5 Å². The van der Waals surface area contributed by atoms with Gasteiger partial charge in [0.15, 0.2) is 0 Å². The van der Waals surface area contributed by atoms with Crippen LogP contribution in [0.5, 0.6) is 0 Å². The molecule has 3 aromatic carbocycles. The van der Waals surface area contributed by atoms with Crippen molar-refractivity contribution in [2.45, 2.75) is 0 Å². The highest BCUT2D eigenvalue weighted by molar-refractivity contribution is 6.14. The predicted molar refractivity (Wildman–Crippen MR) is 75.4 cm³/mol. The molecule has 0 amide bonds. The Bertz CT molecular complexity index is 865. The Hall–Kier alpha value is -2.88. The first-order chi connectivity index (χ1) is 9.58. The van der Waals surface area contributed by atoms with Gasteiger partial charge in [-0.2, -0.15) is 0 Å². The molecule has 0 aliphatic carbocycles. The molecule has 0 aliphatic heterocycles. The molecule has 0 fully saturated rings. The Kier molecular flexibility index (Phi) is 2.64. The number of carboxylic acid groups (broad SMARTS) is 2. The van der Waals surface area contributed by atoms with Gasteiger partial charge in [0.25, 0.3) is 0 Å². The fourth-order valence-electron chi connectivity index (χ4n) is 2.42. The van der Waals surface area contributed by atoms with Gasteiger partial charge in [-0.05, 0) is 39.7 Å². The summed E-state index contributed by atoms with van der Waals surface area (Å²) in [7, 11) is 0. The molecule has 4 heteroatoms. The van der Waals surface area contributed by atoms with Crippen LogP contribution in [0.3, 0.4) is 0 Å². The lowest BCUT2D eigenvalue weighted by atomic mass is 9.96. The van der Waals surface area contributed by atoms with Gasteiger partial charge >= 0.3 is 11.9 Å². The van der Waals surface area contributed by atoms with E-state index in [1.165, 1.54) is 6.07 Å². The maximum absolute atomic E-state index is 11.4. The third kappa shape index (κ3) is 1.78. The zero-order chi connectivity index (χ0) is 14.3. The topological polar surface area (TPSA) is 74.6 Å². The largest absolute Gasteiger partial charge is 0.478 e. The Labute approximate surface area is 113 Å². The molecule has 0 saturated heterocycles. The lowest BCUT2D eigenvalue weighted by Crippen LogP contribution is -2.08. The first-order valence-electron chi connectivity index (χ1n) is 6.00. The second kappa shape index (κ2) is 4.35. The molecule has 0 unspecified atom stereocenters. The number of carboxylic acids is 2. The van der Waals surface area contributed by atoms with Crippen molar-refractivity contribution in [3.05, 3.63) is 59.7 Å². The summed E-state index contributed by atoms with van der Waals surface area (Å²) in [6.45, 7) is 0. The summed E-state index contributed by atoms with van der Waals surface area (Å²) in [5.41, 5.74) is -0.360. The van der Waals surface area contributed by atoms with E-state index in [9.17, 15) is 14.7 Å². The minimum atomic E-state index is -1.24. The fraction of sp³-hybridized carbons (Fsp3) is 0. The molecule has 0 saturated carbocycles. The van der Waals surface area contributed by atoms with Crippen molar-refractivity contribution in [3.63, 3.8) is 0 Å². The molecular weight excluding hydrogens is 256 g/mol.